The van der Waals surface area contributed by atoms with Crippen LogP contribution in [0.5, 0.6) is 0 Å². The number of anilines is 2. The van der Waals surface area contributed by atoms with Gasteiger partial charge in [-0.1, -0.05) is 57.2 Å². The van der Waals surface area contributed by atoms with Gasteiger partial charge in [-0.2, -0.15) is 0 Å². The van der Waals surface area contributed by atoms with Crippen molar-refractivity contribution in [1.29, 1.82) is 0 Å². The summed E-state index contributed by atoms with van der Waals surface area (Å²) in [5.74, 6) is -2.31. The van der Waals surface area contributed by atoms with Gasteiger partial charge in [0.1, 0.15) is 11.5 Å². The maximum atomic E-state index is 11.8. The average molecular weight is 484 g/mol. The van der Waals surface area contributed by atoms with Gasteiger partial charge >= 0.3 is 0 Å². The summed E-state index contributed by atoms with van der Waals surface area (Å²) in [6.07, 6.45) is 0. The fourth-order valence-corrected chi connectivity index (χ4v) is 4.86. The number of para-hydroxylation sites is 2. The summed E-state index contributed by atoms with van der Waals surface area (Å²) < 4.78 is 44.7. The van der Waals surface area contributed by atoms with E-state index in [0.29, 0.717) is 11.4 Å². The molecule has 0 spiro atoms. The van der Waals surface area contributed by atoms with Crippen molar-refractivity contribution in [1.82, 2.24) is 0 Å². The first kappa shape index (κ1) is 27.3. The summed E-state index contributed by atoms with van der Waals surface area (Å²) in [4.78, 5) is 22.7. The van der Waals surface area contributed by atoms with Crippen LogP contribution < -0.4 is 15.8 Å². The number of sulfone groups is 1. The van der Waals surface area contributed by atoms with E-state index in [0.717, 1.165) is 0 Å². The second-order valence-electron chi connectivity index (χ2n) is 8.23. The van der Waals surface area contributed by atoms with Crippen molar-refractivity contribution in [2.75, 3.05) is 27.9 Å². The molecular weight excluding hydrogens is 454 g/mol. The molecule has 11 heteroatoms. The van der Waals surface area contributed by atoms with Crippen LogP contribution in [0.2, 0.25) is 0 Å². The molecule has 0 unspecified atom stereocenters. The quantitative estimate of drug-likeness (QED) is 0.548. The Morgan fingerprint density at radius 2 is 1.12 bits per heavy atom. The minimum atomic E-state index is -3.76. The number of amides is 2. The number of sulfonamides is 1. The van der Waals surface area contributed by atoms with Crippen molar-refractivity contribution in [2.24, 2.45) is 10.6 Å². The van der Waals surface area contributed by atoms with E-state index in [2.05, 4.69) is 10.6 Å². The number of carbonyl (C=O) groups is 2. The minimum Gasteiger partial charge on any atom is -0.325 e. The highest BCUT2D eigenvalue weighted by Crippen LogP contribution is 2.16. The number of hydrogen-bond donors (Lipinski definition) is 3. The molecule has 9 nitrogen and oxygen atoms in total. The van der Waals surface area contributed by atoms with Crippen molar-refractivity contribution in [3.05, 3.63) is 60.7 Å². The van der Waals surface area contributed by atoms with Crippen LogP contribution in [0, 0.1) is 5.41 Å². The molecule has 2 amide bonds. The maximum Gasteiger partial charge on any atom is 0.240 e. The Balaban J connectivity index is 0.000000330. The Morgan fingerprint density at radius 1 is 0.750 bits per heavy atom. The van der Waals surface area contributed by atoms with Crippen LogP contribution >= 0.6 is 0 Å². The molecule has 0 fully saturated rings. The lowest BCUT2D eigenvalue weighted by Gasteiger charge is -2.17. The van der Waals surface area contributed by atoms with Crippen LogP contribution in [0.1, 0.15) is 20.8 Å². The number of benzene rings is 2. The van der Waals surface area contributed by atoms with Gasteiger partial charge in [0.25, 0.3) is 0 Å². The summed E-state index contributed by atoms with van der Waals surface area (Å²) >= 11 is 0. The third kappa shape index (κ3) is 13.5. The van der Waals surface area contributed by atoms with Gasteiger partial charge in [-0.15, -0.1) is 0 Å². The Morgan fingerprint density at radius 3 is 1.47 bits per heavy atom. The Labute approximate surface area is 189 Å². The van der Waals surface area contributed by atoms with E-state index in [1.165, 1.54) is 0 Å². The van der Waals surface area contributed by atoms with Crippen LogP contribution in [0.4, 0.5) is 11.4 Å². The average Bonchev–Trinajstić information content (AvgIpc) is 2.59. The largest absolute Gasteiger partial charge is 0.325 e. The highest BCUT2D eigenvalue weighted by atomic mass is 32.2. The molecule has 0 heterocycles. The van der Waals surface area contributed by atoms with Crippen molar-refractivity contribution in [3.63, 3.8) is 0 Å². The zero-order chi connectivity index (χ0) is 24.4. The number of rotatable bonds is 7. The predicted octanol–water partition coefficient (Wildman–Crippen LogP) is 2.00. The smallest absolute Gasteiger partial charge is 0.240 e. The second-order valence-corrected chi connectivity index (χ2v) is 11.9. The van der Waals surface area contributed by atoms with Gasteiger partial charge in [0.15, 0.2) is 9.84 Å². The SMILES string of the molecule is CC(C)(C)CS(=O)(=O)CC(=O)Nc1ccccc1.NS(=O)(=O)CC(=O)Nc1ccccc1. The zero-order valence-corrected chi connectivity index (χ0v) is 19.9. The lowest BCUT2D eigenvalue weighted by Crippen LogP contribution is -2.29. The highest BCUT2D eigenvalue weighted by molar-refractivity contribution is 7.92. The van der Waals surface area contributed by atoms with Crippen molar-refractivity contribution in [2.45, 2.75) is 20.8 Å². The van der Waals surface area contributed by atoms with E-state index < -0.39 is 43.2 Å². The molecule has 0 aliphatic heterocycles. The van der Waals surface area contributed by atoms with Gasteiger partial charge in [-0.05, 0) is 29.7 Å². The summed E-state index contributed by atoms with van der Waals surface area (Å²) in [6.45, 7) is 5.50. The Hall–Kier alpha value is -2.76. The van der Waals surface area contributed by atoms with Crippen LogP contribution in [-0.4, -0.2) is 45.9 Å². The number of nitrogens with one attached hydrogen (secondary N) is 2. The summed E-state index contributed by atoms with van der Waals surface area (Å²) in [6, 6.07) is 17.4. The van der Waals surface area contributed by atoms with E-state index in [1.54, 1.807) is 54.6 Å². The summed E-state index contributed by atoms with van der Waals surface area (Å²) in [5.41, 5.74) is 0.806. The lowest BCUT2D eigenvalue weighted by atomic mass is 10.0. The number of hydrogen-bond acceptors (Lipinski definition) is 6. The first-order chi connectivity index (χ1) is 14.7. The number of primary sulfonamides is 1. The summed E-state index contributed by atoms with van der Waals surface area (Å²) in [7, 11) is -7.13. The molecule has 0 bridgehead atoms. The second kappa shape index (κ2) is 11.7. The van der Waals surface area contributed by atoms with E-state index in [4.69, 9.17) is 5.14 Å². The van der Waals surface area contributed by atoms with Crippen LogP contribution in [0.3, 0.4) is 0 Å². The fourth-order valence-electron chi connectivity index (χ4n) is 2.53. The first-order valence-corrected chi connectivity index (χ1v) is 13.1. The molecule has 0 aromatic heterocycles. The van der Waals surface area contributed by atoms with E-state index in [-0.39, 0.29) is 11.2 Å². The van der Waals surface area contributed by atoms with E-state index in [1.807, 2.05) is 26.8 Å². The van der Waals surface area contributed by atoms with Crippen LogP contribution in [0.15, 0.2) is 60.7 Å². The zero-order valence-electron chi connectivity index (χ0n) is 18.2. The standard InChI is InChI=1S/C13H19NO3S.C8H10N2O3S/c1-13(2,3)10-18(16,17)9-12(15)14-11-7-5-4-6-8-11;9-14(12,13)6-8(11)10-7-4-2-1-3-5-7/h4-8H,9-10H2,1-3H3,(H,14,15);1-5H,6H2,(H,10,11)(H2,9,12,13). The van der Waals surface area contributed by atoms with E-state index >= 15 is 0 Å². The van der Waals surface area contributed by atoms with E-state index in [9.17, 15) is 26.4 Å². The third-order valence-corrected chi connectivity index (χ3v) is 6.12. The highest BCUT2D eigenvalue weighted by Gasteiger charge is 2.24. The fraction of sp³-hybridized carbons (Fsp3) is 0.333. The predicted molar refractivity (Wildman–Crippen MR) is 126 cm³/mol. The molecule has 0 saturated carbocycles. The molecular formula is C21H29N3O6S2. The minimum absolute atomic E-state index is 0.00219. The van der Waals surface area contributed by atoms with Crippen LogP contribution in [-0.2, 0) is 29.4 Å². The molecule has 0 radical (unpaired) electrons. The molecule has 2 aromatic carbocycles. The topological polar surface area (TPSA) is 152 Å². The molecule has 4 N–H and O–H groups in total. The molecule has 176 valence electrons. The van der Waals surface area contributed by atoms with Crippen molar-refractivity contribution in [3.8, 4) is 0 Å². The summed E-state index contributed by atoms with van der Waals surface area (Å²) in [5, 5.41) is 9.67. The van der Waals surface area contributed by atoms with Crippen molar-refractivity contribution < 1.29 is 26.4 Å². The van der Waals surface area contributed by atoms with Gasteiger partial charge in [-0.25, -0.2) is 22.0 Å². The monoisotopic (exact) mass is 483 g/mol. The number of carbonyl (C=O) groups excluding carboxylic acids is 2. The molecule has 32 heavy (non-hydrogen) atoms. The molecule has 2 rings (SSSR count). The first-order valence-electron chi connectivity index (χ1n) is 9.56. The van der Waals surface area contributed by atoms with Crippen molar-refractivity contribution >= 4 is 43.0 Å². The maximum absolute atomic E-state index is 11.8. The van der Waals surface area contributed by atoms with Crippen LogP contribution in [0.25, 0.3) is 0 Å². The van der Waals surface area contributed by atoms with Gasteiger partial charge < -0.3 is 10.6 Å². The Kier molecular flexibility index (Phi) is 10.0. The number of nitrogens with two attached hydrogens (primary N) is 1. The van der Waals surface area contributed by atoms with Gasteiger partial charge in [-0.3, -0.25) is 9.59 Å². The molecule has 2 aromatic rings. The Bertz CT molecular complexity index is 1100. The third-order valence-electron chi connectivity index (χ3n) is 3.45. The van der Waals surface area contributed by atoms with Gasteiger partial charge in [0, 0.05) is 11.4 Å². The normalized spacial score (nSPS) is 11.6. The van der Waals surface area contributed by atoms with Gasteiger partial charge in [0.05, 0.1) is 5.75 Å². The van der Waals surface area contributed by atoms with Gasteiger partial charge in [0.2, 0.25) is 21.8 Å². The lowest BCUT2D eigenvalue weighted by molar-refractivity contribution is -0.114. The molecule has 0 aliphatic carbocycles. The molecule has 0 saturated heterocycles. The molecule has 0 atom stereocenters. The molecule has 0 aliphatic rings.